The van der Waals surface area contributed by atoms with Crippen molar-refractivity contribution >= 4 is 11.6 Å². The van der Waals surface area contributed by atoms with E-state index in [1.165, 1.54) is 12.8 Å². The third-order valence-electron chi connectivity index (χ3n) is 4.67. The number of aryl methyl sites for hydroxylation is 2. The van der Waals surface area contributed by atoms with Gasteiger partial charge in [-0.2, -0.15) is 0 Å². The molecule has 0 bridgehead atoms. The maximum absolute atomic E-state index is 12.4. The molecule has 1 aliphatic rings. The van der Waals surface area contributed by atoms with Gasteiger partial charge in [0.25, 0.3) is 0 Å². The highest BCUT2D eigenvalue weighted by molar-refractivity contribution is 5.93. The smallest absolute Gasteiger partial charge is 0.229 e. The number of hydrogen-bond donors (Lipinski definition) is 1. The van der Waals surface area contributed by atoms with E-state index < -0.39 is 0 Å². The lowest BCUT2D eigenvalue weighted by molar-refractivity contribution is -0.115. The molecule has 3 rings (SSSR count). The molecule has 1 aromatic carbocycles. The van der Waals surface area contributed by atoms with Crippen LogP contribution in [0.3, 0.4) is 0 Å². The maximum atomic E-state index is 12.4. The highest BCUT2D eigenvalue weighted by Gasteiger charge is 2.19. The standard InChI is InChI=1S/C19H24N2O3/c1-12-17(9-6-10-18(12)23-15-7-4-5-8-15)20-19(22)11-16-13(2)21-24-14(16)3/h6,9-10,15H,4-5,7-8,11H2,1-3H3,(H,20,22). The van der Waals surface area contributed by atoms with Crippen LogP contribution in [-0.4, -0.2) is 17.2 Å². The quantitative estimate of drug-likeness (QED) is 0.897. The van der Waals surface area contributed by atoms with Crippen molar-refractivity contribution in [3.8, 4) is 5.75 Å². The lowest BCUT2D eigenvalue weighted by Gasteiger charge is -2.17. The number of hydrogen-bond acceptors (Lipinski definition) is 4. The number of ether oxygens (including phenoxy) is 1. The molecule has 0 radical (unpaired) electrons. The molecule has 128 valence electrons. The van der Waals surface area contributed by atoms with E-state index in [-0.39, 0.29) is 12.3 Å². The number of amides is 1. The van der Waals surface area contributed by atoms with E-state index in [4.69, 9.17) is 9.26 Å². The van der Waals surface area contributed by atoms with Gasteiger partial charge in [0.1, 0.15) is 11.5 Å². The summed E-state index contributed by atoms with van der Waals surface area (Å²) in [7, 11) is 0. The number of benzene rings is 1. The predicted molar refractivity (Wildman–Crippen MR) is 92.4 cm³/mol. The van der Waals surface area contributed by atoms with E-state index in [0.29, 0.717) is 11.9 Å². The van der Waals surface area contributed by atoms with Crippen LogP contribution < -0.4 is 10.1 Å². The number of rotatable bonds is 5. The number of carbonyl (C=O) groups excluding carboxylic acids is 1. The molecule has 1 fully saturated rings. The van der Waals surface area contributed by atoms with Crippen molar-refractivity contribution in [2.75, 3.05) is 5.32 Å². The summed E-state index contributed by atoms with van der Waals surface area (Å²) in [6, 6.07) is 5.79. The molecule has 0 saturated heterocycles. The van der Waals surface area contributed by atoms with Gasteiger partial charge in [0.2, 0.25) is 5.91 Å². The Morgan fingerprint density at radius 1 is 1.29 bits per heavy atom. The number of anilines is 1. The third-order valence-corrected chi connectivity index (χ3v) is 4.67. The van der Waals surface area contributed by atoms with Gasteiger partial charge >= 0.3 is 0 Å². The summed E-state index contributed by atoms with van der Waals surface area (Å²) < 4.78 is 11.2. The first-order valence-corrected chi connectivity index (χ1v) is 8.52. The van der Waals surface area contributed by atoms with Gasteiger partial charge in [-0.3, -0.25) is 4.79 Å². The first kappa shape index (κ1) is 16.6. The van der Waals surface area contributed by atoms with Crippen molar-refractivity contribution in [2.45, 2.75) is 59.0 Å². The Bertz CT molecular complexity index is 711. The van der Waals surface area contributed by atoms with E-state index in [2.05, 4.69) is 10.5 Å². The summed E-state index contributed by atoms with van der Waals surface area (Å²) in [6.07, 6.45) is 5.25. The first-order valence-electron chi connectivity index (χ1n) is 8.52. The van der Waals surface area contributed by atoms with Gasteiger partial charge in [-0.25, -0.2) is 0 Å². The van der Waals surface area contributed by atoms with Crippen molar-refractivity contribution in [3.05, 3.63) is 40.8 Å². The fraction of sp³-hybridized carbons (Fsp3) is 0.474. The Morgan fingerprint density at radius 2 is 2.04 bits per heavy atom. The molecule has 5 nitrogen and oxygen atoms in total. The average Bonchev–Trinajstić information content (AvgIpc) is 3.16. The summed E-state index contributed by atoms with van der Waals surface area (Å²) in [4.78, 5) is 12.4. The van der Waals surface area contributed by atoms with Crippen molar-refractivity contribution in [3.63, 3.8) is 0 Å². The van der Waals surface area contributed by atoms with Crippen molar-refractivity contribution < 1.29 is 14.1 Å². The fourth-order valence-corrected chi connectivity index (χ4v) is 3.17. The lowest BCUT2D eigenvalue weighted by Crippen LogP contribution is -2.17. The first-order chi connectivity index (χ1) is 11.5. The molecule has 1 saturated carbocycles. The predicted octanol–water partition coefficient (Wildman–Crippen LogP) is 4.10. The Hall–Kier alpha value is -2.30. The third kappa shape index (κ3) is 3.61. The zero-order valence-corrected chi connectivity index (χ0v) is 14.5. The molecular formula is C19H24N2O3. The van der Waals surface area contributed by atoms with Crippen LogP contribution in [0.15, 0.2) is 22.7 Å². The minimum atomic E-state index is -0.0782. The molecule has 0 atom stereocenters. The Balaban J connectivity index is 1.69. The van der Waals surface area contributed by atoms with Gasteiger partial charge in [-0.1, -0.05) is 11.2 Å². The molecule has 1 heterocycles. The van der Waals surface area contributed by atoms with Crippen LogP contribution in [0.2, 0.25) is 0 Å². The van der Waals surface area contributed by atoms with Gasteiger partial charge in [-0.05, 0) is 58.6 Å². The topological polar surface area (TPSA) is 64.4 Å². The monoisotopic (exact) mass is 328 g/mol. The summed E-state index contributed by atoms with van der Waals surface area (Å²) in [5, 5.41) is 6.87. The van der Waals surface area contributed by atoms with Crippen molar-refractivity contribution in [1.29, 1.82) is 0 Å². The second kappa shape index (κ2) is 7.07. The summed E-state index contributed by atoms with van der Waals surface area (Å²) >= 11 is 0. The van der Waals surface area contributed by atoms with Crippen LogP contribution in [0.25, 0.3) is 0 Å². The van der Waals surface area contributed by atoms with Crippen LogP contribution in [0, 0.1) is 20.8 Å². The van der Waals surface area contributed by atoms with Crippen LogP contribution >= 0.6 is 0 Å². The van der Waals surface area contributed by atoms with Crippen molar-refractivity contribution in [2.24, 2.45) is 0 Å². The average molecular weight is 328 g/mol. The number of aromatic nitrogens is 1. The van der Waals surface area contributed by atoms with E-state index in [1.54, 1.807) is 0 Å². The van der Waals surface area contributed by atoms with E-state index in [0.717, 1.165) is 41.1 Å². The highest BCUT2D eigenvalue weighted by atomic mass is 16.5. The number of nitrogens with one attached hydrogen (secondary N) is 1. The van der Waals surface area contributed by atoms with Crippen LogP contribution in [0.5, 0.6) is 5.75 Å². The minimum absolute atomic E-state index is 0.0782. The van der Waals surface area contributed by atoms with Gasteiger partial charge in [-0.15, -0.1) is 0 Å². The Kier molecular flexibility index (Phi) is 4.88. The second-order valence-corrected chi connectivity index (χ2v) is 6.48. The normalized spacial score (nSPS) is 14.8. The van der Waals surface area contributed by atoms with E-state index in [1.807, 2.05) is 39.0 Å². The minimum Gasteiger partial charge on any atom is -0.490 e. The maximum Gasteiger partial charge on any atom is 0.229 e. The van der Waals surface area contributed by atoms with Gasteiger partial charge in [0, 0.05) is 16.8 Å². The Morgan fingerprint density at radius 3 is 2.71 bits per heavy atom. The largest absolute Gasteiger partial charge is 0.490 e. The molecule has 5 heteroatoms. The molecule has 1 aromatic heterocycles. The molecule has 24 heavy (non-hydrogen) atoms. The summed E-state index contributed by atoms with van der Waals surface area (Å²) in [6.45, 7) is 5.65. The molecule has 2 aromatic rings. The van der Waals surface area contributed by atoms with Crippen LogP contribution in [0.4, 0.5) is 5.69 Å². The highest BCUT2D eigenvalue weighted by Crippen LogP contribution is 2.30. The molecule has 1 N–H and O–H groups in total. The molecule has 0 spiro atoms. The zero-order valence-electron chi connectivity index (χ0n) is 14.5. The number of carbonyl (C=O) groups is 1. The van der Waals surface area contributed by atoms with Gasteiger partial charge < -0.3 is 14.6 Å². The number of nitrogens with zero attached hydrogens (tertiary/aromatic N) is 1. The second-order valence-electron chi connectivity index (χ2n) is 6.48. The molecule has 0 unspecified atom stereocenters. The SMILES string of the molecule is Cc1noc(C)c1CC(=O)Nc1cccc(OC2CCCC2)c1C. The van der Waals surface area contributed by atoms with Crippen molar-refractivity contribution in [1.82, 2.24) is 5.16 Å². The van der Waals surface area contributed by atoms with E-state index in [9.17, 15) is 4.79 Å². The molecular weight excluding hydrogens is 304 g/mol. The van der Waals surface area contributed by atoms with Gasteiger partial charge in [0.05, 0.1) is 18.2 Å². The zero-order chi connectivity index (χ0) is 17.1. The molecule has 1 aliphatic carbocycles. The van der Waals surface area contributed by atoms with Crippen LogP contribution in [0.1, 0.15) is 48.3 Å². The van der Waals surface area contributed by atoms with E-state index >= 15 is 0 Å². The molecule has 0 aliphatic heterocycles. The van der Waals surface area contributed by atoms with Crippen LogP contribution in [-0.2, 0) is 11.2 Å². The lowest BCUT2D eigenvalue weighted by atomic mass is 10.1. The summed E-state index contributed by atoms with van der Waals surface area (Å²) in [5.41, 5.74) is 3.37. The molecule has 1 amide bonds. The van der Waals surface area contributed by atoms with Gasteiger partial charge in [0.15, 0.2) is 0 Å². The summed E-state index contributed by atoms with van der Waals surface area (Å²) in [5.74, 6) is 1.47. The Labute approximate surface area is 142 Å². The fourth-order valence-electron chi connectivity index (χ4n) is 3.17.